The third kappa shape index (κ3) is 3.94. The van der Waals surface area contributed by atoms with E-state index in [2.05, 4.69) is 5.32 Å². The normalized spacial score (nSPS) is 19.2. The highest BCUT2D eigenvalue weighted by atomic mass is 16.5. The molecule has 2 atom stereocenters. The van der Waals surface area contributed by atoms with E-state index < -0.39 is 6.04 Å². The zero-order valence-corrected chi connectivity index (χ0v) is 15.8. The predicted molar refractivity (Wildman–Crippen MR) is 98.2 cm³/mol. The first kappa shape index (κ1) is 18.5. The van der Waals surface area contributed by atoms with Gasteiger partial charge in [-0.2, -0.15) is 0 Å². The number of nitrogens with zero attached hydrogens (tertiary/aromatic N) is 1. The number of carbonyl (C=O) groups excluding carboxylic acids is 2. The zero-order chi connectivity index (χ0) is 18.7. The molecular weight excluding hydrogens is 332 g/mol. The number of nitrogens with one attached hydrogen (secondary N) is 1. The number of benzene rings is 1. The standard InChI is InChI=1S/C20H28N2O4/c1-13(2)19(22-9-4-6-18(22)23)20(24)21-14(3)15-7-8-16-17(12-15)26-11-5-10-25-16/h7-8,12-14,19H,4-6,9-11H2,1-3H3,(H,21,24). The van der Waals surface area contributed by atoms with Crippen LogP contribution in [0.3, 0.4) is 0 Å². The maximum Gasteiger partial charge on any atom is 0.243 e. The average Bonchev–Trinajstić information content (AvgIpc) is 2.87. The van der Waals surface area contributed by atoms with Crippen LogP contribution in [0.1, 0.15) is 51.6 Å². The molecule has 142 valence electrons. The fourth-order valence-electron chi connectivity index (χ4n) is 3.60. The number of carbonyl (C=O) groups is 2. The molecule has 2 amide bonds. The van der Waals surface area contributed by atoms with Crippen molar-refractivity contribution in [2.24, 2.45) is 5.92 Å². The molecule has 2 aliphatic heterocycles. The molecule has 1 aromatic carbocycles. The minimum atomic E-state index is -0.423. The molecule has 2 unspecified atom stereocenters. The molecule has 0 saturated carbocycles. The Labute approximate surface area is 154 Å². The molecule has 2 aliphatic rings. The molecule has 26 heavy (non-hydrogen) atoms. The van der Waals surface area contributed by atoms with Gasteiger partial charge in [0.05, 0.1) is 19.3 Å². The van der Waals surface area contributed by atoms with Crippen molar-refractivity contribution in [2.75, 3.05) is 19.8 Å². The highest BCUT2D eigenvalue weighted by Gasteiger charge is 2.35. The molecule has 0 bridgehead atoms. The van der Waals surface area contributed by atoms with Gasteiger partial charge in [-0.1, -0.05) is 19.9 Å². The van der Waals surface area contributed by atoms with Gasteiger partial charge in [0.2, 0.25) is 11.8 Å². The second-order valence-corrected chi connectivity index (χ2v) is 7.37. The lowest BCUT2D eigenvalue weighted by Crippen LogP contribution is -2.50. The SMILES string of the molecule is CC(NC(=O)C(C(C)C)N1CCCC1=O)c1ccc2c(c1)OCCCO2. The number of likely N-dealkylation sites (tertiary alicyclic amines) is 1. The van der Waals surface area contributed by atoms with Crippen molar-refractivity contribution in [1.29, 1.82) is 0 Å². The smallest absolute Gasteiger partial charge is 0.243 e. The van der Waals surface area contributed by atoms with Crippen molar-refractivity contribution in [3.63, 3.8) is 0 Å². The first-order valence-electron chi connectivity index (χ1n) is 9.46. The predicted octanol–water partition coefficient (Wildman–Crippen LogP) is 2.67. The Morgan fingerprint density at radius 1 is 1.12 bits per heavy atom. The van der Waals surface area contributed by atoms with Crippen molar-refractivity contribution in [1.82, 2.24) is 10.2 Å². The van der Waals surface area contributed by atoms with Crippen LogP contribution >= 0.6 is 0 Å². The lowest BCUT2D eigenvalue weighted by atomic mass is 10.0. The number of rotatable bonds is 5. The maximum absolute atomic E-state index is 12.9. The second kappa shape index (κ2) is 7.98. The van der Waals surface area contributed by atoms with Gasteiger partial charge in [-0.05, 0) is 37.0 Å². The Kier molecular flexibility index (Phi) is 5.69. The zero-order valence-electron chi connectivity index (χ0n) is 15.8. The van der Waals surface area contributed by atoms with E-state index in [9.17, 15) is 9.59 Å². The molecule has 1 N–H and O–H groups in total. The minimum Gasteiger partial charge on any atom is -0.490 e. The van der Waals surface area contributed by atoms with E-state index >= 15 is 0 Å². The first-order chi connectivity index (χ1) is 12.5. The number of hydrogen-bond acceptors (Lipinski definition) is 4. The van der Waals surface area contributed by atoms with Gasteiger partial charge in [-0.3, -0.25) is 9.59 Å². The number of fused-ring (bicyclic) bond motifs is 1. The highest BCUT2D eigenvalue weighted by molar-refractivity contribution is 5.89. The summed E-state index contributed by atoms with van der Waals surface area (Å²) in [5, 5.41) is 3.07. The van der Waals surface area contributed by atoms with Crippen LogP contribution < -0.4 is 14.8 Å². The molecule has 0 radical (unpaired) electrons. The Hall–Kier alpha value is -2.24. The van der Waals surface area contributed by atoms with Crippen molar-refractivity contribution in [2.45, 2.75) is 52.1 Å². The van der Waals surface area contributed by atoms with Gasteiger partial charge in [0.25, 0.3) is 0 Å². The molecule has 1 fully saturated rings. The molecule has 6 nitrogen and oxygen atoms in total. The van der Waals surface area contributed by atoms with Gasteiger partial charge in [0, 0.05) is 19.4 Å². The topological polar surface area (TPSA) is 67.9 Å². The summed E-state index contributed by atoms with van der Waals surface area (Å²) < 4.78 is 11.4. The van der Waals surface area contributed by atoms with Crippen molar-refractivity contribution >= 4 is 11.8 Å². The van der Waals surface area contributed by atoms with Crippen molar-refractivity contribution < 1.29 is 19.1 Å². The molecule has 3 rings (SSSR count). The van der Waals surface area contributed by atoms with Crippen LogP contribution in [0.2, 0.25) is 0 Å². The van der Waals surface area contributed by atoms with E-state index in [1.807, 2.05) is 39.0 Å². The lowest BCUT2D eigenvalue weighted by Gasteiger charge is -2.31. The molecule has 0 aromatic heterocycles. The molecule has 1 saturated heterocycles. The lowest BCUT2D eigenvalue weighted by molar-refractivity contribution is -0.139. The summed E-state index contributed by atoms with van der Waals surface area (Å²) in [7, 11) is 0. The monoisotopic (exact) mass is 360 g/mol. The summed E-state index contributed by atoms with van der Waals surface area (Å²) >= 11 is 0. The van der Waals surface area contributed by atoms with Crippen LogP contribution in [0.25, 0.3) is 0 Å². The fourth-order valence-corrected chi connectivity index (χ4v) is 3.60. The van der Waals surface area contributed by atoms with E-state index in [4.69, 9.17) is 9.47 Å². The van der Waals surface area contributed by atoms with Gasteiger partial charge in [0.1, 0.15) is 6.04 Å². The van der Waals surface area contributed by atoms with Gasteiger partial charge < -0.3 is 19.7 Å². The Balaban J connectivity index is 1.71. The van der Waals surface area contributed by atoms with Gasteiger partial charge in [-0.25, -0.2) is 0 Å². The Morgan fingerprint density at radius 2 is 1.85 bits per heavy atom. The molecule has 1 aromatic rings. The second-order valence-electron chi connectivity index (χ2n) is 7.37. The summed E-state index contributed by atoms with van der Waals surface area (Å²) in [6.45, 7) is 7.85. The summed E-state index contributed by atoms with van der Waals surface area (Å²) in [6.07, 6.45) is 2.22. The van der Waals surface area contributed by atoms with E-state index in [-0.39, 0.29) is 23.8 Å². The van der Waals surface area contributed by atoms with Gasteiger partial charge in [-0.15, -0.1) is 0 Å². The number of hydrogen-bond donors (Lipinski definition) is 1. The molecule has 0 spiro atoms. The molecular formula is C20H28N2O4. The Morgan fingerprint density at radius 3 is 2.50 bits per heavy atom. The quantitative estimate of drug-likeness (QED) is 0.877. The van der Waals surface area contributed by atoms with Crippen LogP contribution in [0, 0.1) is 5.92 Å². The van der Waals surface area contributed by atoms with Crippen molar-refractivity contribution in [3.05, 3.63) is 23.8 Å². The van der Waals surface area contributed by atoms with E-state index in [0.29, 0.717) is 26.2 Å². The Bertz CT molecular complexity index is 674. The van der Waals surface area contributed by atoms with E-state index in [0.717, 1.165) is 29.9 Å². The van der Waals surface area contributed by atoms with Crippen LogP contribution in [-0.2, 0) is 9.59 Å². The largest absolute Gasteiger partial charge is 0.490 e. The van der Waals surface area contributed by atoms with Gasteiger partial charge in [0.15, 0.2) is 11.5 Å². The first-order valence-corrected chi connectivity index (χ1v) is 9.46. The summed E-state index contributed by atoms with van der Waals surface area (Å²) in [6, 6.07) is 5.16. The minimum absolute atomic E-state index is 0.0630. The summed E-state index contributed by atoms with van der Waals surface area (Å²) in [5.41, 5.74) is 0.956. The number of ether oxygens (including phenoxy) is 2. The number of amides is 2. The maximum atomic E-state index is 12.9. The highest BCUT2D eigenvalue weighted by Crippen LogP contribution is 2.32. The van der Waals surface area contributed by atoms with E-state index in [1.165, 1.54) is 0 Å². The summed E-state index contributed by atoms with van der Waals surface area (Å²) in [5.74, 6) is 1.49. The average molecular weight is 360 g/mol. The molecule has 0 aliphatic carbocycles. The van der Waals surface area contributed by atoms with E-state index in [1.54, 1.807) is 4.90 Å². The van der Waals surface area contributed by atoms with Crippen LogP contribution in [0.15, 0.2) is 18.2 Å². The molecule has 2 heterocycles. The van der Waals surface area contributed by atoms with Gasteiger partial charge >= 0.3 is 0 Å². The van der Waals surface area contributed by atoms with Crippen molar-refractivity contribution in [3.8, 4) is 11.5 Å². The fraction of sp³-hybridized carbons (Fsp3) is 0.600. The van der Waals surface area contributed by atoms with Crippen LogP contribution in [-0.4, -0.2) is 42.5 Å². The van der Waals surface area contributed by atoms with Crippen LogP contribution in [0.4, 0.5) is 0 Å². The molecule has 6 heteroatoms. The third-order valence-corrected chi connectivity index (χ3v) is 4.98. The van der Waals surface area contributed by atoms with Crippen LogP contribution in [0.5, 0.6) is 11.5 Å². The summed E-state index contributed by atoms with van der Waals surface area (Å²) in [4.78, 5) is 26.7. The third-order valence-electron chi connectivity index (χ3n) is 4.98.